The summed E-state index contributed by atoms with van der Waals surface area (Å²) >= 11 is 0. The summed E-state index contributed by atoms with van der Waals surface area (Å²) < 4.78 is 17.9. The highest BCUT2D eigenvalue weighted by molar-refractivity contribution is 6.39. The Balaban J connectivity index is 1.72. The van der Waals surface area contributed by atoms with E-state index in [9.17, 15) is 49.5 Å². The number of fused-ring (bicyclic) bond motifs is 3. The summed E-state index contributed by atoms with van der Waals surface area (Å²) in [5.74, 6) is -8.78. The molecule has 0 aromatic rings. The second-order valence-corrected chi connectivity index (χ2v) is 20.3. The number of methoxy groups -OCH3 is 1. The zero-order valence-electron chi connectivity index (χ0n) is 40.8. The Hall–Kier alpha value is -3.37. The summed E-state index contributed by atoms with van der Waals surface area (Å²) in [5.41, 5.74) is 1.09. The molecule has 0 aromatic heterocycles. The van der Waals surface area contributed by atoms with E-state index in [-0.39, 0.29) is 74.0 Å². The molecule has 0 aromatic carbocycles. The van der Waals surface area contributed by atoms with Gasteiger partial charge in [-0.05, 0) is 101 Å². The minimum absolute atomic E-state index is 0.00533. The minimum atomic E-state index is -2.48. The lowest BCUT2D eigenvalue weighted by Gasteiger charge is -2.43. The molecule has 372 valence electrons. The maximum absolute atomic E-state index is 14.4. The molecule has 1 unspecified atom stereocenters. The summed E-state index contributed by atoms with van der Waals surface area (Å²) in [6, 6.07) is -1.22. The van der Waals surface area contributed by atoms with E-state index in [1.165, 1.54) is 7.11 Å². The highest BCUT2D eigenvalue weighted by Gasteiger charge is 2.53. The molecule has 3 fully saturated rings. The van der Waals surface area contributed by atoms with Crippen molar-refractivity contribution in [3.8, 4) is 0 Å². The van der Waals surface area contributed by atoms with Gasteiger partial charge in [-0.15, -0.1) is 0 Å². The van der Waals surface area contributed by atoms with Gasteiger partial charge in [-0.25, -0.2) is 4.79 Å². The number of hydrogen-bond donors (Lipinski definition) is 5. The average Bonchev–Trinajstić information content (AvgIpc) is 3.30. The van der Waals surface area contributed by atoms with Crippen molar-refractivity contribution in [2.24, 2.45) is 53.3 Å². The normalized spacial score (nSPS) is 38.2. The van der Waals surface area contributed by atoms with Crippen LogP contribution in [0.25, 0.3) is 0 Å². The van der Waals surface area contributed by atoms with Crippen LogP contribution < -0.4 is 0 Å². The maximum atomic E-state index is 14.4. The van der Waals surface area contributed by atoms with Crippen LogP contribution in [-0.2, 0) is 38.2 Å². The maximum Gasteiger partial charge on any atom is 0.329 e. The number of hydrogen-bond acceptors (Lipinski definition) is 13. The molecule has 3 heterocycles. The molecular weight excluding hydrogens is 847 g/mol. The predicted octanol–water partition coefficient (Wildman–Crippen LogP) is 5.62. The van der Waals surface area contributed by atoms with E-state index in [4.69, 9.17) is 14.2 Å². The largest absolute Gasteiger partial charge is 0.460 e. The van der Waals surface area contributed by atoms with Crippen molar-refractivity contribution in [3.63, 3.8) is 0 Å². The van der Waals surface area contributed by atoms with Crippen LogP contribution >= 0.6 is 0 Å². The van der Waals surface area contributed by atoms with E-state index in [0.29, 0.717) is 50.9 Å². The third-order valence-corrected chi connectivity index (χ3v) is 15.2. The van der Waals surface area contributed by atoms with Gasteiger partial charge in [0, 0.05) is 69.5 Å². The number of aliphatic hydroxyl groups is 5. The van der Waals surface area contributed by atoms with Crippen LogP contribution in [-0.4, -0.2) is 129 Å². The summed E-state index contributed by atoms with van der Waals surface area (Å²) in [4.78, 5) is 71.8. The molecule has 2 bridgehead atoms. The van der Waals surface area contributed by atoms with Crippen LogP contribution in [0.5, 0.6) is 0 Å². The van der Waals surface area contributed by atoms with Crippen LogP contribution in [0.2, 0.25) is 0 Å². The van der Waals surface area contributed by atoms with Crippen molar-refractivity contribution in [3.05, 3.63) is 47.6 Å². The second kappa shape index (κ2) is 25.8. The number of ether oxygens (including phenoxy) is 3. The molecule has 5 N–H and O–H groups in total. The molecule has 1 amide bonds. The fourth-order valence-electron chi connectivity index (χ4n) is 10.5. The zero-order valence-corrected chi connectivity index (χ0v) is 40.8. The molecule has 0 spiro atoms. The quantitative estimate of drug-likeness (QED) is 0.155. The number of allylic oxidation sites excluding steroid dienone is 6. The molecule has 66 heavy (non-hydrogen) atoms. The first-order chi connectivity index (χ1) is 31.3. The first-order valence-electron chi connectivity index (χ1n) is 24.6. The Bertz CT molecular complexity index is 1770. The van der Waals surface area contributed by atoms with Gasteiger partial charge < -0.3 is 44.6 Å². The molecule has 1 saturated carbocycles. The van der Waals surface area contributed by atoms with Gasteiger partial charge in [-0.3, -0.25) is 19.2 Å². The number of rotatable bonds is 7. The minimum Gasteiger partial charge on any atom is -0.460 e. The third kappa shape index (κ3) is 14.3. The van der Waals surface area contributed by atoms with Gasteiger partial charge in [0.15, 0.2) is 11.6 Å². The SMILES string of the molecule is CO[C@H]1C(=O)[C@@H](C)C[C@H](C)C=CC=CC=C(C)[C@@H](CO)C[C@@H]2CC[C@@H](C)[C@@](O)(O2)C(=O)C(=O)N2CCCC[C@H]2C(=O)O[C@H]([C@H](CO)C[C@@H]2CC[C@H](C)[C@H](CO)C2)CC(=O)/C(C)=C/C(C)[C@H]1O. The topological polar surface area (TPSA) is 217 Å². The Morgan fingerprint density at radius 2 is 1.61 bits per heavy atom. The number of carbonyl (C=O) groups excluding carboxylic acids is 5. The van der Waals surface area contributed by atoms with Crippen molar-refractivity contribution in [2.45, 2.75) is 162 Å². The van der Waals surface area contributed by atoms with E-state index < -0.39 is 90.0 Å². The molecule has 4 aliphatic rings. The van der Waals surface area contributed by atoms with Gasteiger partial charge in [0.2, 0.25) is 5.79 Å². The third-order valence-electron chi connectivity index (χ3n) is 15.2. The number of esters is 1. The van der Waals surface area contributed by atoms with Gasteiger partial charge in [0.1, 0.15) is 18.2 Å². The van der Waals surface area contributed by atoms with Gasteiger partial charge in [-0.1, -0.05) is 89.5 Å². The summed E-state index contributed by atoms with van der Waals surface area (Å²) in [7, 11) is 1.37. The zero-order chi connectivity index (χ0) is 48.9. The van der Waals surface area contributed by atoms with E-state index in [0.717, 1.165) is 23.3 Å². The van der Waals surface area contributed by atoms with Gasteiger partial charge in [0.05, 0.1) is 12.2 Å². The highest BCUT2D eigenvalue weighted by atomic mass is 16.6. The monoisotopic (exact) mass is 928 g/mol. The number of Topliss-reactive ketones (excluding diaryl/α,β-unsaturated/α-hetero) is 3. The lowest BCUT2D eigenvalue weighted by Crippen LogP contribution is -2.60. The Morgan fingerprint density at radius 1 is 0.879 bits per heavy atom. The number of carbonyl (C=O) groups is 5. The van der Waals surface area contributed by atoms with Gasteiger partial charge >= 0.3 is 5.97 Å². The number of piperidine rings is 1. The molecule has 3 aliphatic heterocycles. The van der Waals surface area contributed by atoms with Crippen LogP contribution in [0.4, 0.5) is 0 Å². The number of cyclic esters (lactones) is 1. The van der Waals surface area contributed by atoms with E-state index in [2.05, 4.69) is 6.92 Å². The van der Waals surface area contributed by atoms with E-state index >= 15 is 0 Å². The molecule has 2 saturated heterocycles. The molecule has 14 nitrogen and oxygen atoms in total. The van der Waals surface area contributed by atoms with Crippen LogP contribution in [0.15, 0.2) is 47.6 Å². The van der Waals surface area contributed by atoms with Crippen molar-refractivity contribution in [1.29, 1.82) is 0 Å². The number of aliphatic hydroxyl groups excluding tert-OH is 4. The van der Waals surface area contributed by atoms with Gasteiger partial charge in [0.25, 0.3) is 11.7 Å². The Kier molecular flexibility index (Phi) is 21.6. The molecule has 14 heteroatoms. The Labute approximate surface area is 392 Å². The summed E-state index contributed by atoms with van der Waals surface area (Å²) in [6.45, 7) is 12.1. The van der Waals surface area contributed by atoms with E-state index in [1.54, 1.807) is 33.8 Å². The van der Waals surface area contributed by atoms with Crippen LogP contribution in [0.3, 0.4) is 0 Å². The molecule has 1 aliphatic carbocycles. The van der Waals surface area contributed by atoms with Crippen molar-refractivity contribution < 1.29 is 63.7 Å². The highest BCUT2D eigenvalue weighted by Crippen LogP contribution is 2.39. The second-order valence-electron chi connectivity index (χ2n) is 20.3. The van der Waals surface area contributed by atoms with Gasteiger partial charge in [-0.2, -0.15) is 0 Å². The Morgan fingerprint density at radius 3 is 2.27 bits per heavy atom. The molecule has 0 radical (unpaired) electrons. The standard InChI is InChI=1S/C52H81NO13/c1-31-14-10-9-11-15-32(2)40(29-55)26-42-20-18-37(7)52(63,66-42)49(60)50(61)53-21-13-12-16-43(53)51(62)65-45(41(30-56)25-38-19-17-33(3)39(24-38)28-54)27-44(57)34(4)23-36(6)47(59)48(64-8)46(58)35(5)22-31/h9-11,14-15,23,31,33,35-43,45,47-48,54-56,59,63H,12-13,16-22,24-30H2,1-8H3/b11-9?,14-10?,32-15?,34-23+/t31-,33+,35+,36?,37-,38-,39+,40-,41+,42+,43+,45+,47-,48+,52-/m1/s1. The molecule has 4 rings (SSSR count). The van der Waals surface area contributed by atoms with E-state index in [1.807, 2.05) is 44.2 Å². The number of ketones is 3. The average molecular weight is 928 g/mol. The smallest absolute Gasteiger partial charge is 0.329 e. The lowest BCUT2D eigenvalue weighted by molar-refractivity contribution is -0.265. The predicted molar refractivity (Wildman–Crippen MR) is 249 cm³/mol. The first-order valence-corrected chi connectivity index (χ1v) is 24.6. The van der Waals surface area contributed by atoms with Crippen LogP contribution in [0.1, 0.15) is 126 Å². The van der Waals surface area contributed by atoms with Crippen molar-refractivity contribution >= 4 is 29.2 Å². The van der Waals surface area contributed by atoms with Crippen LogP contribution in [0, 0.1) is 53.3 Å². The fraction of sp³-hybridized carbons (Fsp3) is 0.750. The molecule has 15 atom stereocenters. The first kappa shape index (κ1) is 55.2. The summed E-state index contributed by atoms with van der Waals surface area (Å²) in [6.07, 6.45) is 12.0. The number of nitrogens with zero attached hydrogens (tertiary/aromatic N) is 1. The lowest BCUT2D eigenvalue weighted by atomic mass is 9.72. The van der Waals surface area contributed by atoms with Crippen molar-refractivity contribution in [2.75, 3.05) is 33.5 Å². The molecular formula is C52H81NO13. The fourth-order valence-corrected chi connectivity index (χ4v) is 10.5. The number of amides is 1. The van der Waals surface area contributed by atoms with Crippen molar-refractivity contribution in [1.82, 2.24) is 4.90 Å². The summed E-state index contributed by atoms with van der Waals surface area (Å²) in [5, 5.41) is 54.8.